The average molecular weight is 170 g/mol. The van der Waals surface area contributed by atoms with Crippen LogP contribution in [0.4, 0.5) is 0 Å². The maximum Gasteiger partial charge on any atom is 0.113 e. The van der Waals surface area contributed by atoms with Crippen molar-refractivity contribution in [1.82, 2.24) is 0 Å². The van der Waals surface area contributed by atoms with E-state index in [9.17, 15) is 0 Å². The van der Waals surface area contributed by atoms with Crippen LogP contribution in [0.3, 0.4) is 0 Å². The molecule has 0 N–H and O–H groups in total. The smallest absolute Gasteiger partial charge is 0.113 e. The van der Waals surface area contributed by atoms with E-state index >= 15 is 0 Å². The first-order valence-corrected chi connectivity index (χ1v) is 4.62. The summed E-state index contributed by atoms with van der Waals surface area (Å²) in [5.41, 5.74) is 0.401. The predicted molar refractivity (Wildman–Crippen MR) is 41.9 cm³/mol. The van der Waals surface area contributed by atoms with Gasteiger partial charge in [-0.15, -0.1) is 0 Å². The van der Waals surface area contributed by atoms with E-state index in [1.54, 1.807) is 7.11 Å². The van der Waals surface area contributed by atoms with Crippen LogP contribution >= 0.6 is 0 Å². The lowest BCUT2D eigenvalue weighted by Crippen LogP contribution is -2.30. The summed E-state index contributed by atoms with van der Waals surface area (Å²) in [4.78, 5) is 0. The molecule has 1 saturated carbocycles. The number of hydrogen-bond acceptors (Lipinski definition) is 3. The van der Waals surface area contributed by atoms with Crippen LogP contribution in [0.2, 0.25) is 0 Å². The van der Waals surface area contributed by atoms with E-state index in [-0.39, 0.29) is 12.2 Å². The molecule has 3 unspecified atom stereocenters. The second-order valence-electron chi connectivity index (χ2n) is 4.17. The fourth-order valence-corrected chi connectivity index (χ4v) is 2.44. The predicted octanol–water partition coefficient (Wildman–Crippen LogP) is 0.579. The molecular weight excluding hydrogens is 156 g/mol. The summed E-state index contributed by atoms with van der Waals surface area (Å²) in [6.45, 7) is 1.61. The topological polar surface area (TPSA) is 27.7 Å². The highest BCUT2D eigenvalue weighted by molar-refractivity contribution is 5.10. The molecule has 0 aromatic heterocycles. The zero-order valence-electron chi connectivity index (χ0n) is 7.29. The van der Waals surface area contributed by atoms with Crippen molar-refractivity contribution in [3.8, 4) is 0 Å². The number of hydrogen-bond donors (Lipinski definition) is 0. The van der Waals surface area contributed by atoms with Crippen LogP contribution in [0.5, 0.6) is 0 Å². The minimum absolute atomic E-state index is 0.176. The lowest BCUT2D eigenvalue weighted by molar-refractivity contribution is -0.01000. The average Bonchev–Trinajstić information content (AvgIpc) is 2.59. The Morgan fingerprint density at radius 1 is 1.33 bits per heavy atom. The third kappa shape index (κ3) is 0.767. The zero-order valence-corrected chi connectivity index (χ0v) is 7.29. The normalized spacial score (nSPS) is 48.2. The van der Waals surface area contributed by atoms with Crippen LogP contribution < -0.4 is 0 Å². The summed E-state index contributed by atoms with van der Waals surface area (Å²) in [6.07, 6.45) is 3.30. The molecule has 3 heteroatoms. The van der Waals surface area contributed by atoms with Crippen LogP contribution in [0, 0.1) is 5.41 Å². The summed E-state index contributed by atoms with van der Waals surface area (Å²) in [5, 5.41) is 0. The van der Waals surface area contributed by atoms with Gasteiger partial charge in [0.1, 0.15) is 12.2 Å². The van der Waals surface area contributed by atoms with Gasteiger partial charge in [-0.3, -0.25) is 0 Å². The maximum absolute atomic E-state index is 5.71. The van der Waals surface area contributed by atoms with Gasteiger partial charge in [0.2, 0.25) is 0 Å². The van der Waals surface area contributed by atoms with Crippen molar-refractivity contribution in [3.05, 3.63) is 0 Å². The van der Waals surface area contributed by atoms with Crippen LogP contribution in [0.1, 0.15) is 12.8 Å². The number of fused-ring (bicyclic) bond motifs is 2. The third-order valence-corrected chi connectivity index (χ3v) is 3.47. The van der Waals surface area contributed by atoms with Gasteiger partial charge in [-0.2, -0.15) is 0 Å². The standard InChI is InChI=1S/C9H14O3/c1-10-6-4-11-8-7(6)12-5-9(8)2-3-9/h6-8H,2-5H2,1H3. The molecule has 2 saturated heterocycles. The molecule has 0 amide bonds. The third-order valence-electron chi connectivity index (χ3n) is 3.47. The first kappa shape index (κ1) is 7.30. The van der Waals surface area contributed by atoms with Gasteiger partial charge >= 0.3 is 0 Å². The SMILES string of the molecule is COC1COC2C1OCC21CC1. The van der Waals surface area contributed by atoms with Gasteiger partial charge in [-0.25, -0.2) is 0 Å². The van der Waals surface area contributed by atoms with Crippen molar-refractivity contribution in [1.29, 1.82) is 0 Å². The molecule has 3 nitrogen and oxygen atoms in total. The first-order valence-electron chi connectivity index (χ1n) is 4.62. The van der Waals surface area contributed by atoms with Gasteiger partial charge in [-0.1, -0.05) is 0 Å². The van der Waals surface area contributed by atoms with Gasteiger partial charge in [-0.05, 0) is 12.8 Å². The van der Waals surface area contributed by atoms with Gasteiger partial charge in [0.15, 0.2) is 0 Å². The lowest BCUT2D eigenvalue weighted by Gasteiger charge is -2.14. The largest absolute Gasteiger partial charge is 0.376 e. The molecule has 1 spiro atoms. The van der Waals surface area contributed by atoms with E-state index in [2.05, 4.69) is 0 Å². The van der Waals surface area contributed by atoms with Crippen LogP contribution in [-0.2, 0) is 14.2 Å². The minimum Gasteiger partial charge on any atom is -0.376 e. The van der Waals surface area contributed by atoms with Crippen molar-refractivity contribution in [2.45, 2.75) is 31.2 Å². The van der Waals surface area contributed by atoms with E-state index in [1.807, 2.05) is 0 Å². The van der Waals surface area contributed by atoms with Crippen molar-refractivity contribution in [2.24, 2.45) is 5.41 Å². The summed E-state index contributed by atoms with van der Waals surface area (Å²) < 4.78 is 16.7. The number of ether oxygens (including phenoxy) is 3. The van der Waals surface area contributed by atoms with Gasteiger partial charge < -0.3 is 14.2 Å². The van der Waals surface area contributed by atoms with Crippen molar-refractivity contribution >= 4 is 0 Å². The summed E-state index contributed by atoms with van der Waals surface area (Å²) in [5.74, 6) is 0. The molecule has 68 valence electrons. The van der Waals surface area contributed by atoms with Gasteiger partial charge in [0, 0.05) is 12.5 Å². The summed E-state index contributed by atoms with van der Waals surface area (Å²) >= 11 is 0. The van der Waals surface area contributed by atoms with E-state index in [1.165, 1.54) is 12.8 Å². The molecule has 0 bridgehead atoms. The van der Waals surface area contributed by atoms with Crippen LogP contribution in [0.25, 0.3) is 0 Å². The van der Waals surface area contributed by atoms with Crippen LogP contribution in [0.15, 0.2) is 0 Å². The highest BCUT2D eigenvalue weighted by Crippen LogP contribution is 2.57. The second-order valence-corrected chi connectivity index (χ2v) is 4.17. The Balaban J connectivity index is 1.81. The summed E-state index contributed by atoms with van der Waals surface area (Å²) in [7, 11) is 1.73. The van der Waals surface area contributed by atoms with E-state index in [4.69, 9.17) is 14.2 Å². The number of methoxy groups -OCH3 is 1. The molecule has 0 radical (unpaired) electrons. The lowest BCUT2D eigenvalue weighted by atomic mass is 9.99. The summed E-state index contributed by atoms with van der Waals surface area (Å²) in [6, 6.07) is 0. The molecule has 2 aliphatic heterocycles. The Labute approximate surface area is 72.0 Å². The van der Waals surface area contributed by atoms with E-state index in [0.717, 1.165) is 6.61 Å². The quantitative estimate of drug-likeness (QED) is 0.576. The second kappa shape index (κ2) is 2.22. The van der Waals surface area contributed by atoms with E-state index in [0.29, 0.717) is 18.1 Å². The number of rotatable bonds is 1. The Hall–Kier alpha value is -0.120. The van der Waals surface area contributed by atoms with Gasteiger partial charge in [0.25, 0.3) is 0 Å². The molecule has 0 aromatic rings. The highest BCUT2D eigenvalue weighted by atomic mass is 16.6. The molecule has 3 fully saturated rings. The monoisotopic (exact) mass is 170 g/mol. The maximum atomic E-state index is 5.71. The fourth-order valence-electron chi connectivity index (χ4n) is 2.44. The molecule has 1 aliphatic carbocycles. The molecule has 3 atom stereocenters. The Bertz CT molecular complexity index is 200. The highest BCUT2D eigenvalue weighted by Gasteiger charge is 2.62. The molecule has 12 heavy (non-hydrogen) atoms. The molecule has 2 heterocycles. The Morgan fingerprint density at radius 3 is 2.83 bits per heavy atom. The molecular formula is C9H14O3. The molecule has 3 aliphatic rings. The van der Waals surface area contributed by atoms with Crippen LogP contribution in [-0.4, -0.2) is 38.6 Å². The zero-order chi connectivity index (χ0) is 8.18. The first-order chi connectivity index (χ1) is 5.86. The minimum atomic E-state index is 0.176. The van der Waals surface area contributed by atoms with E-state index < -0.39 is 0 Å². The van der Waals surface area contributed by atoms with Crippen molar-refractivity contribution < 1.29 is 14.2 Å². The molecule has 0 aromatic carbocycles. The Morgan fingerprint density at radius 2 is 2.17 bits per heavy atom. The fraction of sp³-hybridized carbons (Fsp3) is 1.00. The van der Waals surface area contributed by atoms with Gasteiger partial charge in [0.05, 0.1) is 19.3 Å². The Kier molecular flexibility index (Phi) is 1.35. The van der Waals surface area contributed by atoms with Crippen molar-refractivity contribution in [3.63, 3.8) is 0 Å². The van der Waals surface area contributed by atoms with Crippen molar-refractivity contribution in [2.75, 3.05) is 20.3 Å². The molecule has 3 rings (SSSR count).